The van der Waals surface area contributed by atoms with E-state index in [0.717, 1.165) is 36.6 Å². The van der Waals surface area contributed by atoms with Crippen molar-refractivity contribution >= 4 is 29.4 Å². The van der Waals surface area contributed by atoms with E-state index in [1.165, 1.54) is 23.6 Å². The van der Waals surface area contributed by atoms with Crippen molar-refractivity contribution in [1.82, 2.24) is 10.2 Å². The van der Waals surface area contributed by atoms with Crippen LogP contribution in [0, 0.1) is 5.82 Å². The molecule has 2 fully saturated rings. The zero-order chi connectivity index (χ0) is 16.1. The molecule has 0 spiro atoms. The molecule has 6 heteroatoms. The van der Waals surface area contributed by atoms with E-state index >= 15 is 0 Å². The molecule has 0 aromatic heterocycles. The van der Waals surface area contributed by atoms with E-state index in [9.17, 15) is 9.18 Å². The molecule has 23 heavy (non-hydrogen) atoms. The van der Waals surface area contributed by atoms with Crippen LogP contribution in [0.5, 0.6) is 0 Å². The van der Waals surface area contributed by atoms with Crippen LogP contribution in [0.25, 0.3) is 0 Å². The Labute approximate surface area is 145 Å². The normalized spacial score (nSPS) is 23.3. The van der Waals surface area contributed by atoms with E-state index in [2.05, 4.69) is 5.32 Å². The fourth-order valence-corrected chi connectivity index (χ4v) is 5.48. The molecule has 1 amide bonds. The topological polar surface area (TPSA) is 32.3 Å². The molecular weight excluding hydrogens is 331 g/mol. The molecule has 3 rings (SSSR count). The zero-order valence-electron chi connectivity index (χ0n) is 13.2. The summed E-state index contributed by atoms with van der Waals surface area (Å²) in [6, 6.07) is 7.35. The quantitative estimate of drug-likeness (QED) is 0.880. The zero-order valence-corrected chi connectivity index (χ0v) is 14.8. The van der Waals surface area contributed by atoms with Gasteiger partial charge in [-0.25, -0.2) is 4.39 Å². The molecule has 2 aliphatic rings. The Balaban J connectivity index is 1.46. The van der Waals surface area contributed by atoms with Gasteiger partial charge in [0.05, 0.1) is 0 Å². The van der Waals surface area contributed by atoms with Crippen LogP contribution in [0.4, 0.5) is 4.39 Å². The first-order valence-corrected chi connectivity index (χ1v) is 10.5. The number of likely N-dealkylation sites (tertiary alicyclic amines) is 1. The van der Waals surface area contributed by atoms with Crippen molar-refractivity contribution in [2.45, 2.75) is 24.9 Å². The summed E-state index contributed by atoms with van der Waals surface area (Å²) in [6.45, 7) is 1.52. The summed E-state index contributed by atoms with van der Waals surface area (Å²) in [6.07, 6.45) is 1.39. The van der Waals surface area contributed by atoms with E-state index in [4.69, 9.17) is 0 Å². The van der Waals surface area contributed by atoms with Gasteiger partial charge in [0.1, 0.15) is 5.82 Å². The predicted molar refractivity (Wildman–Crippen MR) is 96.7 cm³/mol. The van der Waals surface area contributed by atoms with Gasteiger partial charge in [-0.3, -0.25) is 4.79 Å². The van der Waals surface area contributed by atoms with Gasteiger partial charge in [-0.15, -0.1) is 0 Å². The lowest BCUT2D eigenvalue weighted by Gasteiger charge is -2.21. The second-order valence-electron chi connectivity index (χ2n) is 6.13. The van der Waals surface area contributed by atoms with Crippen LogP contribution in [0.15, 0.2) is 24.3 Å². The molecule has 1 atom stereocenters. The third-order valence-electron chi connectivity index (χ3n) is 4.28. The minimum atomic E-state index is -0.214. The molecule has 0 saturated carbocycles. The minimum absolute atomic E-state index is 0.214. The number of amides is 1. The highest BCUT2D eigenvalue weighted by atomic mass is 32.2. The van der Waals surface area contributed by atoms with Crippen molar-refractivity contribution in [2.24, 2.45) is 0 Å². The SMILES string of the molecule is O=C1C[C@@H](NC2CSCCSC2)CN1CCc1ccc(F)cc1. The number of nitrogens with one attached hydrogen (secondary N) is 1. The van der Waals surface area contributed by atoms with Gasteiger partial charge in [0.15, 0.2) is 0 Å². The Bertz CT molecular complexity index is 518. The van der Waals surface area contributed by atoms with Gasteiger partial charge in [-0.05, 0) is 24.1 Å². The molecule has 1 aromatic rings. The van der Waals surface area contributed by atoms with Gasteiger partial charge < -0.3 is 10.2 Å². The molecule has 0 unspecified atom stereocenters. The maximum Gasteiger partial charge on any atom is 0.224 e. The Morgan fingerprint density at radius 3 is 2.52 bits per heavy atom. The van der Waals surface area contributed by atoms with Crippen LogP contribution in [-0.2, 0) is 11.2 Å². The largest absolute Gasteiger partial charge is 0.341 e. The van der Waals surface area contributed by atoms with E-state index in [1.54, 1.807) is 12.1 Å². The monoisotopic (exact) mass is 354 g/mol. The standard InChI is InChI=1S/C17H23FN2OS2/c18-14-3-1-13(2-4-14)5-6-20-10-15(9-17(20)21)19-16-11-22-7-8-23-12-16/h1-4,15-16,19H,5-12H2/t15-/m1/s1. The van der Waals surface area contributed by atoms with Crippen LogP contribution in [0.3, 0.4) is 0 Å². The van der Waals surface area contributed by atoms with Crippen molar-refractivity contribution in [1.29, 1.82) is 0 Å². The van der Waals surface area contributed by atoms with E-state index < -0.39 is 0 Å². The van der Waals surface area contributed by atoms with Crippen LogP contribution in [0.2, 0.25) is 0 Å². The summed E-state index contributed by atoms with van der Waals surface area (Å²) in [7, 11) is 0. The van der Waals surface area contributed by atoms with Gasteiger partial charge >= 0.3 is 0 Å². The van der Waals surface area contributed by atoms with Crippen molar-refractivity contribution in [3.05, 3.63) is 35.6 Å². The minimum Gasteiger partial charge on any atom is -0.341 e. The number of benzene rings is 1. The van der Waals surface area contributed by atoms with Gasteiger partial charge in [-0.2, -0.15) is 23.5 Å². The lowest BCUT2D eigenvalue weighted by molar-refractivity contribution is -0.127. The van der Waals surface area contributed by atoms with Gasteiger partial charge in [0.25, 0.3) is 0 Å². The third kappa shape index (κ3) is 5.13. The van der Waals surface area contributed by atoms with E-state index in [0.29, 0.717) is 12.5 Å². The number of carbonyl (C=O) groups is 1. The summed E-state index contributed by atoms with van der Waals surface area (Å²) in [5.74, 6) is 4.78. The van der Waals surface area contributed by atoms with Crippen LogP contribution < -0.4 is 5.32 Å². The Kier molecular flexibility index (Phi) is 6.25. The third-order valence-corrected chi connectivity index (χ3v) is 6.80. The first kappa shape index (κ1) is 17.1. The molecule has 2 heterocycles. The van der Waals surface area contributed by atoms with Crippen LogP contribution in [0.1, 0.15) is 12.0 Å². The number of hydrogen-bond donors (Lipinski definition) is 1. The first-order chi connectivity index (χ1) is 11.2. The summed E-state index contributed by atoms with van der Waals surface area (Å²) in [4.78, 5) is 14.1. The molecular formula is C17H23FN2OS2. The smallest absolute Gasteiger partial charge is 0.224 e. The average Bonchev–Trinajstić information content (AvgIpc) is 2.74. The molecule has 3 nitrogen and oxygen atoms in total. The highest BCUT2D eigenvalue weighted by molar-refractivity contribution is 8.03. The second kappa shape index (κ2) is 8.40. The lowest BCUT2D eigenvalue weighted by Crippen LogP contribution is -2.42. The summed E-state index contributed by atoms with van der Waals surface area (Å²) >= 11 is 4.01. The summed E-state index contributed by atoms with van der Waals surface area (Å²) in [5.41, 5.74) is 1.08. The van der Waals surface area contributed by atoms with E-state index in [1.807, 2.05) is 28.4 Å². The number of nitrogens with zero attached hydrogens (tertiary/aromatic N) is 1. The first-order valence-electron chi connectivity index (χ1n) is 8.14. The number of carbonyl (C=O) groups excluding carboxylic acids is 1. The van der Waals surface area contributed by atoms with Crippen molar-refractivity contribution in [2.75, 3.05) is 36.1 Å². The molecule has 0 bridgehead atoms. The molecule has 0 aliphatic carbocycles. The molecule has 0 radical (unpaired) electrons. The Morgan fingerprint density at radius 2 is 1.83 bits per heavy atom. The van der Waals surface area contributed by atoms with Crippen LogP contribution in [-0.4, -0.2) is 59.0 Å². The van der Waals surface area contributed by atoms with Crippen molar-refractivity contribution in [3.63, 3.8) is 0 Å². The fourth-order valence-electron chi connectivity index (χ4n) is 3.06. The summed E-state index contributed by atoms with van der Waals surface area (Å²) < 4.78 is 12.9. The maximum atomic E-state index is 12.9. The molecule has 1 aromatic carbocycles. The predicted octanol–water partition coefficient (Wildman–Crippen LogP) is 2.41. The summed E-state index contributed by atoms with van der Waals surface area (Å²) in [5, 5.41) is 3.67. The fraction of sp³-hybridized carbons (Fsp3) is 0.588. The Hall–Kier alpha value is -0.720. The Morgan fingerprint density at radius 1 is 1.13 bits per heavy atom. The maximum absolute atomic E-state index is 12.9. The number of halogens is 1. The number of thioether (sulfide) groups is 2. The molecule has 126 valence electrons. The second-order valence-corrected chi connectivity index (χ2v) is 8.43. The van der Waals surface area contributed by atoms with Gasteiger partial charge in [0.2, 0.25) is 5.91 Å². The number of hydrogen-bond acceptors (Lipinski definition) is 4. The van der Waals surface area contributed by atoms with Crippen molar-refractivity contribution < 1.29 is 9.18 Å². The number of rotatable bonds is 5. The van der Waals surface area contributed by atoms with E-state index in [-0.39, 0.29) is 17.8 Å². The highest BCUT2D eigenvalue weighted by Gasteiger charge is 2.30. The lowest BCUT2D eigenvalue weighted by atomic mass is 10.1. The molecule has 2 saturated heterocycles. The van der Waals surface area contributed by atoms with Crippen molar-refractivity contribution in [3.8, 4) is 0 Å². The molecule has 2 aliphatic heterocycles. The average molecular weight is 355 g/mol. The van der Waals surface area contributed by atoms with Crippen LogP contribution >= 0.6 is 23.5 Å². The highest BCUT2D eigenvalue weighted by Crippen LogP contribution is 2.19. The molecule has 1 N–H and O–H groups in total. The van der Waals surface area contributed by atoms with Gasteiger partial charge in [0, 0.05) is 54.6 Å². The van der Waals surface area contributed by atoms with Gasteiger partial charge in [-0.1, -0.05) is 12.1 Å².